The summed E-state index contributed by atoms with van der Waals surface area (Å²) in [5, 5.41) is 16.8. The van der Waals surface area contributed by atoms with E-state index in [4.69, 9.17) is 4.74 Å². The molecule has 2 rings (SSSR count). The molecule has 116 valence electrons. The van der Waals surface area contributed by atoms with E-state index in [0.717, 1.165) is 45.8 Å². The molecule has 0 saturated carbocycles. The van der Waals surface area contributed by atoms with Gasteiger partial charge in [-0.25, -0.2) is 4.98 Å². The number of aromatic nitrogens is 1. The Morgan fingerprint density at radius 3 is 2.76 bits per heavy atom. The Morgan fingerprint density at radius 1 is 1.38 bits per heavy atom. The summed E-state index contributed by atoms with van der Waals surface area (Å²) in [6, 6.07) is 2.87. The highest BCUT2D eigenvalue weighted by Crippen LogP contribution is 2.20. The second-order valence-corrected chi connectivity index (χ2v) is 4.84. The van der Waals surface area contributed by atoms with Crippen molar-refractivity contribution in [2.45, 2.75) is 6.42 Å². The first-order valence-electron chi connectivity index (χ1n) is 7.07. The van der Waals surface area contributed by atoms with Crippen LogP contribution < -0.4 is 10.6 Å². The van der Waals surface area contributed by atoms with Gasteiger partial charge in [0.1, 0.15) is 11.6 Å². The van der Waals surface area contributed by atoms with E-state index in [0.29, 0.717) is 11.6 Å². The van der Waals surface area contributed by atoms with E-state index in [1.807, 2.05) is 0 Å². The first-order valence-corrected chi connectivity index (χ1v) is 7.07. The Labute approximate surface area is 123 Å². The molecule has 0 amide bonds. The lowest BCUT2D eigenvalue weighted by Crippen LogP contribution is -2.37. The van der Waals surface area contributed by atoms with Crippen LogP contribution >= 0.6 is 0 Å². The molecule has 8 nitrogen and oxygen atoms in total. The molecule has 1 aliphatic rings. The van der Waals surface area contributed by atoms with Crippen LogP contribution in [-0.2, 0) is 4.74 Å². The zero-order valence-electron chi connectivity index (χ0n) is 12.2. The van der Waals surface area contributed by atoms with Crippen molar-refractivity contribution in [2.75, 3.05) is 57.1 Å². The fourth-order valence-electron chi connectivity index (χ4n) is 2.18. The second kappa shape index (κ2) is 7.75. The molecule has 0 radical (unpaired) electrons. The molecule has 1 saturated heterocycles. The molecule has 2 heterocycles. The number of hydrogen-bond donors (Lipinski definition) is 2. The van der Waals surface area contributed by atoms with E-state index >= 15 is 0 Å². The Morgan fingerprint density at radius 2 is 2.10 bits per heavy atom. The van der Waals surface area contributed by atoms with Crippen LogP contribution in [0.1, 0.15) is 6.42 Å². The predicted octanol–water partition coefficient (Wildman–Crippen LogP) is 1.17. The van der Waals surface area contributed by atoms with E-state index in [9.17, 15) is 10.1 Å². The molecule has 1 aromatic heterocycles. The maximum Gasteiger partial charge on any atom is 0.276 e. The third-order valence-corrected chi connectivity index (χ3v) is 3.34. The van der Waals surface area contributed by atoms with Gasteiger partial charge >= 0.3 is 0 Å². The first-order chi connectivity index (χ1) is 10.2. The number of anilines is 2. The molecule has 21 heavy (non-hydrogen) atoms. The lowest BCUT2D eigenvalue weighted by molar-refractivity contribution is -0.384. The summed E-state index contributed by atoms with van der Waals surface area (Å²) in [6.07, 6.45) is 0.958. The first kappa shape index (κ1) is 15.5. The quantitative estimate of drug-likeness (QED) is 0.443. The Hall–Kier alpha value is -1.93. The third-order valence-electron chi connectivity index (χ3n) is 3.34. The van der Waals surface area contributed by atoms with Crippen LogP contribution in [0.2, 0.25) is 0 Å². The Bertz CT molecular complexity index is 477. The summed E-state index contributed by atoms with van der Waals surface area (Å²) in [7, 11) is 1.69. The summed E-state index contributed by atoms with van der Waals surface area (Å²) in [4.78, 5) is 17.1. The SMILES string of the molecule is CNc1cc([N+](=O)[O-])cc(NCCCN2CCOCC2)n1. The number of pyridine rings is 1. The summed E-state index contributed by atoms with van der Waals surface area (Å²) in [5.41, 5.74) is 0.0324. The van der Waals surface area contributed by atoms with Crippen LogP contribution in [0.25, 0.3) is 0 Å². The van der Waals surface area contributed by atoms with Gasteiger partial charge in [-0.1, -0.05) is 0 Å². The highest BCUT2D eigenvalue weighted by molar-refractivity contribution is 5.54. The van der Waals surface area contributed by atoms with Crippen LogP contribution in [0, 0.1) is 10.1 Å². The van der Waals surface area contributed by atoms with Gasteiger partial charge in [0, 0.05) is 26.7 Å². The second-order valence-electron chi connectivity index (χ2n) is 4.84. The fourth-order valence-corrected chi connectivity index (χ4v) is 2.18. The average Bonchev–Trinajstić information content (AvgIpc) is 2.52. The van der Waals surface area contributed by atoms with E-state index in [1.54, 1.807) is 7.05 Å². The minimum absolute atomic E-state index is 0.0324. The monoisotopic (exact) mass is 295 g/mol. The fraction of sp³-hybridized carbons (Fsp3) is 0.615. The van der Waals surface area contributed by atoms with Crippen LogP contribution in [0.4, 0.5) is 17.3 Å². The summed E-state index contributed by atoms with van der Waals surface area (Å²) in [6.45, 7) is 5.26. The van der Waals surface area contributed by atoms with Gasteiger partial charge in [-0.05, 0) is 13.0 Å². The normalized spacial score (nSPS) is 15.7. The number of nitrogens with one attached hydrogen (secondary N) is 2. The van der Waals surface area contributed by atoms with Crippen LogP contribution in [0.15, 0.2) is 12.1 Å². The molecule has 1 aromatic rings. The largest absolute Gasteiger partial charge is 0.379 e. The zero-order valence-corrected chi connectivity index (χ0v) is 12.2. The number of rotatable bonds is 7. The van der Waals surface area contributed by atoms with Gasteiger partial charge in [0.25, 0.3) is 5.69 Å². The average molecular weight is 295 g/mol. The van der Waals surface area contributed by atoms with Gasteiger partial charge in [0.15, 0.2) is 0 Å². The molecule has 0 spiro atoms. The molecule has 0 unspecified atom stereocenters. The molecular weight excluding hydrogens is 274 g/mol. The molecule has 2 N–H and O–H groups in total. The number of hydrogen-bond acceptors (Lipinski definition) is 7. The Kier molecular flexibility index (Phi) is 5.70. The predicted molar refractivity (Wildman–Crippen MR) is 80.8 cm³/mol. The van der Waals surface area contributed by atoms with Gasteiger partial charge in [-0.3, -0.25) is 15.0 Å². The molecule has 1 aliphatic heterocycles. The van der Waals surface area contributed by atoms with Crippen LogP contribution in [0.5, 0.6) is 0 Å². The van der Waals surface area contributed by atoms with Crippen molar-refractivity contribution in [1.29, 1.82) is 0 Å². The summed E-state index contributed by atoms with van der Waals surface area (Å²) < 4.78 is 5.30. The smallest absolute Gasteiger partial charge is 0.276 e. The summed E-state index contributed by atoms with van der Waals surface area (Å²) >= 11 is 0. The minimum atomic E-state index is -0.415. The van der Waals surface area contributed by atoms with Gasteiger partial charge < -0.3 is 15.4 Å². The lowest BCUT2D eigenvalue weighted by Gasteiger charge is -2.26. The van der Waals surface area contributed by atoms with Gasteiger partial charge in [-0.15, -0.1) is 0 Å². The third kappa shape index (κ3) is 4.83. The number of nitrogens with zero attached hydrogens (tertiary/aromatic N) is 3. The molecule has 0 atom stereocenters. The standard InChI is InChI=1S/C13H21N5O3/c1-14-12-9-11(18(19)20)10-13(16-12)15-3-2-4-17-5-7-21-8-6-17/h9-10H,2-8H2,1H3,(H2,14,15,16). The van der Waals surface area contributed by atoms with Gasteiger partial charge in [-0.2, -0.15) is 0 Å². The van der Waals surface area contributed by atoms with Crippen molar-refractivity contribution in [2.24, 2.45) is 0 Å². The number of ether oxygens (including phenoxy) is 1. The molecule has 0 aliphatic carbocycles. The zero-order chi connectivity index (χ0) is 15.1. The van der Waals surface area contributed by atoms with Gasteiger partial charge in [0.2, 0.25) is 0 Å². The summed E-state index contributed by atoms with van der Waals surface area (Å²) in [5.74, 6) is 1.01. The van der Waals surface area contributed by atoms with E-state index in [2.05, 4.69) is 20.5 Å². The molecule has 8 heteroatoms. The molecule has 0 bridgehead atoms. The maximum atomic E-state index is 10.9. The molecule has 0 aromatic carbocycles. The highest BCUT2D eigenvalue weighted by atomic mass is 16.6. The minimum Gasteiger partial charge on any atom is -0.379 e. The molecular formula is C13H21N5O3. The number of nitro groups is 1. The van der Waals surface area contributed by atoms with Gasteiger partial charge in [0.05, 0.1) is 30.3 Å². The van der Waals surface area contributed by atoms with Crippen LogP contribution in [0.3, 0.4) is 0 Å². The van der Waals surface area contributed by atoms with Crippen molar-refractivity contribution >= 4 is 17.3 Å². The van der Waals surface area contributed by atoms with E-state index in [-0.39, 0.29) is 5.69 Å². The lowest BCUT2D eigenvalue weighted by atomic mass is 10.3. The van der Waals surface area contributed by atoms with Crippen molar-refractivity contribution in [3.05, 3.63) is 22.2 Å². The maximum absolute atomic E-state index is 10.9. The topological polar surface area (TPSA) is 92.6 Å². The Balaban J connectivity index is 1.81. The van der Waals surface area contributed by atoms with Crippen LogP contribution in [-0.4, -0.2) is 61.2 Å². The van der Waals surface area contributed by atoms with E-state index < -0.39 is 4.92 Å². The van der Waals surface area contributed by atoms with Crippen molar-refractivity contribution in [3.8, 4) is 0 Å². The van der Waals surface area contributed by atoms with E-state index in [1.165, 1.54) is 12.1 Å². The highest BCUT2D eigenvalue weighted by Gasteiger charge is 2.11. The van der Waals surface area contributed by atoms with Crippen molar-refractivity contribution < 1.29 is 9.66 Å². The van der Waals surface area contributed by atoms with Crippen molar-refractivity contribution in [1.82, 2.24) is 9.88 Å². The van der Waals surface area contributed by atoms with Crippen molar-refractivity contribution in [3.63, 3.8) is 0 Å². The molecule has 1 fully saturated rings. The number of morpholine rings is 1.